The molecule has 0 spiro atoms. The molecule has 0 bridgehead atoms. The molecule has 0 saturated heterocycles. The van der Waals surface area contributed by atoms with E-state index in [1.54, 1.807) is 18.5 Å². The van der Waals surface area contributed by atoms with Gasteiger partial charge in [0.1, 0.15) is 12.1 Å². The normalized spacial score (nSPS) is 11.2. The van der Waals surface area contributed by atoms with Crippen LogP contribution in [0.15, 0.2) is 36.7 Å². The van der Waals surface area contributed by atoms with Crippen LogP contribution in [0.2, 0.25) is 0 Å². The lowest BCUT2D eigenvalue weighted by atomic mass is 10.1. The summed E-state index contributed by atoms with van der Waals surface area (Å²) in [5.74, 6) is -0.237. The van der Waals surface area contributed by atoms with Crippen molar-refractivity contribution in [3.8, 4) is 5.69 Å². The molecule has 0 unspecified atom stereocenters. The average molecular weight is 283 g/mol. The zero-order valence-electron chi connectivity index (χ0n) is 12.2. The summed E-state index contributed by atoms with van der Waals surface area (Å²) in [5.41, 5.74) is 11.9. The number of aryl methyl sites for hydroxylation is 2. The van der Waals surface area contributed by atoms with Crippen LogP contribution in [0.3, 0.4) is 0 Å². The van der Waals surface area contributed by atoms with E-state index in [0.717, 1.165) is 22.3 Å². The SMILES string of the molecule is Cc1cc2ncn(-c3ccc(F)cc3CCN)c2cc1C. The lowest BCUT2D eigenvalue weighted by molar-refractivity contribution is 0.624. The number of benzene rings is 2. The highest BCUT2D eigenvalue weighted by Gasteiger charge is 2.10. The Bertz CT molecular complexity index is 805. The number of nitrogens with zero attached hydrogens (tertiary/aromatic N) is 2. The van der Waals surface area contributed by atoms with Crippen molar-refractivity contribution in [1.82, 2.24) is 9.55 Å². The summed E-state index contributed by atoms with van der Waals surface area (Å²) in [6, 6.07) is 9.01. The standard InChI is InChI=1S/C17H18FN3/c1-11-7-15-17(8-12(11)2)21(10-20-15)16-4-3-14(18)9-13(16)5-6-19/h3-4,7-10H,5-6,19H2,1-2H3. The van der Waals surface area contributed by atoms with Crippen molar-refractivity contribution < 1.29 is 4.39 Å². The van der Waals surface area contributed by atoms with Gasteiger partial charge in [-0.25, -0.2) is 9.37 Å². The van der Waals surface area contributed by atoms with Gasteiger partial charge < -0.3 is 5.73 Å². The Morgan fingerprint density at radius 3 is 2.67 bits per heavy atom. The number of rotatable bonds is 3. The predicted octanol–water partition coefficient (Wildman–Crippen LogP) is 3.28. The lowest BCUT2D eigenvalue weighted by Gasteiger charge is -2.11. The highest BCUT2D eigenvalue weighted by atomic mass is 19.1. The summed E-state index contributed by atoms with van der Waals surface area (Å²) in [6.07, 6.45) is 2.43. The van der Waals surface area contributed by atoms with Gasteiger partial charge in [0.05, 0.1) is 16.7 Å². The number of hydrogen-bond acceptors (Lipinski definition) is 2. The quantitative estimate of drug-likeness (QED) is 0.801. The predicted molar refractivity (Wildman–Crippen MR) is 83.3 cm³/mol. The highest BCUT2D eigenvalue weighted by Crippen LogP contribution is 2.24. The summed E-state index contributed by atoms with van der Waals surface area (Å²) in [7, 11) is 0. The molecule has 1 heterocycles. The zero-order valence-corrected chi connectivity index (χ0v) is 12.2. The third-order valence-corrected chi connectivity index (χ3v) is 3.88. The van der Waals surface area contributed by atoms with Gasteiger partial charge >= 0.3 is 0 Å². The maximum Gasteiger partial charge on any atom is 0.123 e. The summed E-state index contributed by atoms with van der Waals surface area (Å²) < 4.78 is 15.5. The number of halogens is 1. The number of fused-ring (bicyclic) bond motifs is 1. The van der Waals surface area contributed by atoms with Crippen molar-refractivity contribution in [3.05, 3.63) is 59.2 Å². The van der Waals surface area contributed by atoms with Crippen molar-refractivity contribution >= 4 is 11.0 Å². The van der Waals surface area contributed by atoms with Crippen LogP contribution in [0.4, 0.5) is 4.39 Å². The topological polar surface area (TPSA) is 43.8 Å². The molecule has 0 fully saturated rings. The minimum Gasteiger partial charge on any atom is -0.330 e. The van der Waals surface area contributed by atoms with Gasteiger partial charge in [0.25, 0.3) is 0 Å². The van der Waals surface area contributed by atoms with Crippen LogP contribution in [0.5, 0.6) is 0 Å². The van der Waals surface area contributed by atoms with Gasteiger partial charge in [0.15, 0.2) is 0 Å². The molecule has 3 nitrogen and oxygen atoms in total. The van der Waals surface area contributed by atoms with E-state index in [1.165, 1.54) is 17.2 Å². The van der Waals surface area contributed by atoms with E-state index in [-0.39, 0.29) is 5.82 Å². The Morgan fingerprint density at radius 2 is 1.90 bits per heavy atom. The van der Waals surface area contributed by atoms with Gasteiger partial charge in [-0.3, -0.25) is 4.57 Å². The van der Waals surface area contributed by atoms with Crippen LogP contribution in [-0.2, 0) is 6.42 Å². The van der Waals surface area contributed by atoms with Crippen molar-refractivity contribution in [1.29, 1.82) is 0 Å². The van der Waals surface area contributed by atoms with Gasteiger partial charge in [0.2, 0.25) is 0 Å². The van der Waals surface area contributed by atoms with Gasteiger partial charge in [-0.15, -0.1) is 0 Å². The minimum atomic E-state index is -0.237. The molecule has 0 aliphatic carbocycles. The second-order valence-corrected chi connectivity index (χ2v) is 5.35. The zero-order chi connectivity index (χ0) is 15.0. The lowest BCUT2D eigenvalue weighted by Crippen LogP contribution is -2.07. The molecular weight excluding hydrogens is 265 g/mol. The number of imidazole rings is 1. The van der Waals surface area contributed by atoms with E-state index in [2.05, 4.69) is 31.0 Å². The Hall–Kier alpha value is -2.20. The van der Waals surface area contributed by atoms with Gasteiger partial charge in [-0.2, -0.15) is 0 Å². The first-order valence-corrected chi connectivity index (χ1v) is 7.03. The summed E-state index contributed by atoms with van der Waals surface area (Å²) in [6.45, 7) is 4.64. The molecule has 0 aliphatic rings. The molecule has 0 radical (unpaired) electrons. The Labute approximate surface area is 123 Å². The largest absolute Gasteiger partial charge is 0.330 e. The van der Waals surface area contributed by atoms with Crippen LogP contribution >= 0.6 is 0 Å². The molecular formula is C17H18FN3. The molecule has 2 aromatic carbocycles. The fourth-order valence-corrected chi connectivity index (χ4v) is 2.60. The van der Waals surface area contributed by atoms with Crippen LogP contribution in [0, 0.1) is 19.7 Å². The van der Waals surface area contributed by atoms with Crippen LogP contribution < -0.4 is 5.73 Å². The van der Waals surface area contributed by atoms with E-state index in [1.807, 2.05) is 4.57 Å². The van der Waals surface area contributed by atoms with E-state index in [0.29, 0.717) is 13.0 Å². The monoisotopic (exact) mass is 283 g/mol. The van der Waals surface area contributed by atoms with Gasteiger partial charge in [-0.1, -0.05) is 0 Å². The molecule has 0 amide bonds. The van der Waals surface area contributed by atoms with Crippen LogP contribution in [0.1, 0.15) is 16.7 Å². The van der Waals surface area contributed by atoms with E-state index >= 15 is 0 Å². The van der Waals surface area contributed by atoms with Gasteiger partial charge in [-0.05, 0) is 73.8 Å². The molecule has 0 atom stereocenters. The average Bonchev–Trinajstić information content (AvgIpc) is 2.83. The molecule has 3 rings (SSSR count). The summed E-state index contributed by atoms with van der Waals surface area (Å²) in [5, 5.41) is 0. The summed E-state index contributed by atoms with van der Waals surface area (Å²) >= 11 is 0. The number of nitrogens with two attached hydrogens (primary N) is 1. The van der Waals surface area contributed by atoms with Gasteiger partial charge in [0, 0.05) is 0 Å². The molecule has 3 aromatic rings. The van der Waals surface area contributed by atoms with E-state index < -0.39 is 0 Å². The maximum atomic E-state index is 13.5. The van der Waals surface area contributed by atoms with Crippen LogP contribution in [-0.4, -0.2) is 16.1 Å². The minimum absolute atomic E-state index is 0.237. The van der Waals surface area contributed by atoms with Crippen molar-refractivity contribution in [3.63, 3.8) is 0 Å². The first kappa shape index (κ1) is 13.8. The molecule has 2 N–H and O–H groups in total. The fraction of sp³-hybridized carbons (Fsp3) is 0.235. The highest BCUT2D eigenvalue weighted by molar-refractivity contribution is 5.79. The van der Waals surface area contributed by atoms with Crippen molar-refractivity contribution in [2.24, 2.45) is 5.73 Å². The summed E-state index contributed by atoms with van der Waals surface area (Å²) in [4.78, 5) is 4.46. The number of hydrogen-bond donors (Lipinski definition) is 1. The third-order valence-electron chi connectivity index (χ3n) is 3.88. The second kappa shape index (κ2) is 5.30. The molecule has 21 heavy (non-hydrogen) atoms. The molecule has 0 saturated carbocycles. The van der Waals surface area contributed by atoms with Crippen LogP contribution in [0.25, 0.3) is 16.7 Å². The first-order chi connectivity index (χ1) is 10.1. The Balaban J connectivity index is 2.23. The fourth-order valence-electron chi connectivity index (χ4n) is 2.60. The molecule has 108 valence electrons. The smallest absolute Gasteiger partial charge is 0.123 e. The Kier molecular flexibility index (Phi) is 3.47. The van der Waals surface area contributed by atoms with E-state index in [9.17, 15) is 4.39 Å². The third kappa shape index (κ3) is 2.43. The first-order valence-electron chi connectivity index (χ1n) is 7.03. The molecule has 1 aromatic heterocycles. The van der Waals surface area contributed by atoms with Crippen molar-refractivity contribution in [2.75, 3.05) is 6.54 Å². The van der Waals surface area contributed by atoms with Crippen molar-refractivity contribution in [2.45, 2.75) is 20.3 Å². The molecule has 0 aliphatic heterocycles. The maximum absolute atomic E-state index is 13.5. The second-order valence-electron chi connectivity index (χ2n) is 5.35. The number of aromatic nitrogens is 2. The van der Waals surface area contributed by atoms with E-state index in [4.69, 9.17) is 5.73 Å². The molecule has 4 heteroatoms. The Morgan fingerprint density at radius 1 is 1.14 bits per heavy atom.